The molecule has 0 amide bonds. The van der Waals surface area contributed by atoms with Crippen LogP contribution in [0.3, 0.4) is 0 Å². The monoisotopic (exact) mass is 170 g/mol. The van der Waals surface area contributed by atoms with Crippen LogP contribution in [0.15, 0.2) is 0 Å². The van der Waals surface area contributed by atoms with Gasteiger partial charge in [0.2, 0.25) is 0 Å². The zero-order chi connectivity index (χ0) is 9.78. The second kappa shape index (κ2) is 4.24. The number of rotatable bonds is 4. The first-order valence-corrected chi connectivity index (χ1v) is 3.71. The van der Waals surface area contributed by atoms with E-state index >= 15 is 0 Å². The molecule has 0 aromatic rings. The van der Waals surface area contributed by atoms with Gasteiger partial charge in [0, 0.05) is 5.41 Å². The van der Waals surface area contributed by atoms with Crippen LogP contribution in [0.2, 0.25) is 0 Å². The summed E-state index contributed by atoms with van der Waals surface area (Å²) in [4.78, 5) is 11.0. The van der Waals surface area contributed by atoms with Crippen molar-refractivity contribution in [2.24, 2.45) is 5.41 Å². The number of ketones is 1. The number of terminal acetylenes is 1. The molecule has 0 bridgehead atoms. The third-order valence-corrected chi connectivity index (χ3v) is 1.73. The Morgan fingerprint density at radius 3 is 2.50 bits per heavy atom. The van der Waals surface area contributed by atoms with Gasteiger partial charge < -0.3 is 10.2 Å². The quantitative estimate of drug-likeness (QED) is 0.582. The van der Waals surface area contributed by atoms with Gasteiger partial charge in [0.25, 0.3) is 0 Å². The van der Waals surface area contributed by atoms with E-state index in [1.807, 2.05) is 0 Å². The van der Waals surface area contributed by atoms with Crippen molar-refractivity contribution in [3.63, 3.8) is 0 Å². The highest BCUT2D eigenvalue weighted by atomic mass is 16.3. The van der Waals surface area contributed by atoms with Gasteiger partial charge in [-0.3, -0.25) is 4.79 Å². The number of aliphatic hydroxyl groups is 2. The Hall–Kier alpha value is -0.850. The minimum absolute atomic E-state index is 0.0927. The third-order valence-electron chi connectivity index (χ3n) is 1.73. The molecular formula is C9H14O3. The molecule has 1 unspecified atom stereocenters. The first-order valence-electron chi connectivity index (χ1n) is 3.71. The molecule has 12 heavy (non-hydrogen) atoms. The Kier molecular flexibility index (Phi) is 3.94. The van der Waals surface area contributed by atoms with E-state index in [0.29, 0.717) is 0 Å². The number of hydrogen-bond acceptors (Lipinski definition) is 3. The maximum absolute atomic E-state index is 11.0. The fraction of sp³-hybridized carbons (Fsp3) is 0.667. The second-order valence-corrected chi connectivity index (χ2v) is 3.40. The standard InChI is InChI=1S/C9H14O3/c1-4-5-7(11)8(12)9(2,3)6-10/h1,8,10,12H,5-6H2,2-3H3. The first-order chi connectivity index (χ1) is 5.45. The molecule has 0 aliphatic rings. The summed E-state index contributed by atoms with van der Waals surface area (Å²) in [5.41, 5.74) is -0.812. The van der Waals surface area contributed by atoms with Gasteiger partial charge in [-0.25, -0.2) is 0 Å². The highest BCUT2D eigenvalue weighted by Gasteiger charge is 2.31. The average Bonchev–Trinajstić information content (AvgIpc) is 2.03. The molecule has 0 saturated carbocycles. The number of carbonyl (C=O) groups is 1. The van der Waals surface area contributed by atoms with Crippen molar-refractivity contribution in [3.8, 4) is 12.3 Å². The van der Waals surface area contributed by atoms with Crippen LogP contribution in [-0.2, 0) is 4.79 Å². The Labute approximate surface area is 72.4 Å². The van der Waals surface area contributed by atoms with E-state index < -0.39 is 17.3 Å². The molecule has 1 atom stereocenters. The van der Waals surface area contributed by atoms with Gasteiger partial charge in [-0.15, -0.1) is 6.42 Å². The van der Waals surface area contributed by atoms with E-state index in [1.54, 1.807) is 13.8 Å². The van der Waals surface area contributed by atoms with Crippen LogP contribution in [0.4, 0.5) is 0 Å². The lowest BCUT2D eigenvalue weighted by Crippen LogP contribution is -2.38. The summed E-state index contributed by atoms with van der Waals surface area (Å²) in [6.07, 6.45) is 3.63. The molecular weight excluding hydrogens is 156 g/mol. The van der Waals surface area contributed by atoms with Gasteiger partial charge in [0.1, 0.15) is 6.10 Å². The van der Waals surface area contributed by atoms with E-state index in [2.05, 4.69) is 5.92 Å². The van der Waals surface area contributed by atoms with Gasteiger partial charge in [-0.2, -0.15) is 0 Å². The van der Waals surface area contributed by atoms with Crippen molar-refractivity contribution in [1.29, 1.82) is 0 Å². The zero-order valence-corrected chi connectivity index (χ0v) is 7.37. The highest BCUT2D eigenvalue weighted by molar-refractivity contribution is 5.85. The summed E-state index contributed by atoms with van der Waals surface area (Å²) >= 11 is 0. The van der Waals surface area contributed by atoms with E-state index in [1.165, 1.54) is 0 Å². The van der Waals surface area contributed by atoms with Crippen molar-refractivity contribution >= 4 is 5.78 Å². The molecule has 0 spiro atoms. The van der Waals surface area contributed by atoms with Crippen LogP contribution in [0.1, 0.15) is 20.3 Å². The summed E-state index contributed by atoms with van der Waals surface area (Å²) in [5, 5.41) is 18.2. The summed E-state index contributed by atoms with van der Waals surface area (Å²) in [7, 11) is 0. The summed E-state index contributed by atoms with van der Waals surface area (Å²) < 4.78 is 0. The van der Waals surface area contributed by atoms with E-state index in [9.17, 15) is 9.90 Å². The van der Waals surface area contributed by atoms with Crippen LogP contribution < -0.4 is 0 Å². The predicted octanol–water partition coefficient (Wildman–Crippen LogP) is -0.0418. The van der Waals surface area contributed by atoms with Gasteiger partial charge >= 0.3 is 0 Å². The highest BCUT2D eigenvalue weighted by Crippen LogP contribution is 2.20. The van der Waals surface area contributed by atoms with E-state index in [-0.39, 0.29) is 13.0 Å². The molecule has 0 aromatic heterocycles. The molecule has 68 valence electrons. The van der Waals surface area contributed by atoms with Gasteiger partial charge in [-0.1, -0.05) is 19.8 Å². The lowest BCUT2D eigenvalue weighted by molar-refractivity contribution is -0.133. The minimum Gasteiger partial charge on any atom is -0.396 e. The van der Waals surface area contributed by atoms with Crippen LogP contribution in [0, 0.1) is 17.8 Å². The SMILES string of the molecule is C#CCC(=O)C(O)C(C)(C)CO. The minimum atomic E-state index is -1.18. The van der Waals surface area contributed by atoms with Gasteiger partial charge in [0.15, 0.2) is 5.78 Å². The van der Waals surface area contributed by atoms with Crippen molar-refractivity contribution in [2.75, 3.05) is 6.61 Å². The molecule has 0 aromatic carbocycles. The molecule has 0 rings (SSSR count). The summed E-state index contributed by atoms with van der Waals surface area (Å²) in [6, 6.07) is 0. The smallest absolute Gasteiger partial charge is 0.173 e. The summed E-state index contributed by atoms with van der Waals surface area (Å²) in [6.45, 7) is 2.96. The number of aliphatic hydroxyl groups excluding tert-OH is 2. The van der Waals surface area contributed by atoms with E-state index in [4.69, 9.17) is 11.5 Å². The molecule has 0 heterocycles. The molecule has 0 radical (unpaired) electrons. The van der Waals surface area contributed by atoms with Crippen LogP contribution in [0.5, 0.6) is 0 Å². The predicted molar refractivity (Wildman–Crippen MR) is 45.3 cm³/mol. The molecule has 0 fully saturated rings. The zero-order valence-electron chi connectivity index (χ0n) is 7.37. The number of carbonyl (C=O) groups excluding carboxylic acids is 1. The number of Topliss-reactive ketones (excluding diaryl/α,β-unsaturated/α-hetero) is 1. The van der Waals surface area contributed by atoms with Gasteiger partial charge in [0.05, 0.1) is 13.0 Å². The maximum atomic E-state index is 11.0. The van der Waals surface area contributed by atoms with Crippen molar-refractivity contribution in [3.05, 3.63) is 0 Å². The molecule has 3 nitrogen and oxygen atoms in total. The van der Waals surface area contributed by atoms with Crippen LogP contribution >= 0.6 is 0 Å². The molecule has 0 aliphatic heterocycles. The fourth-order valence-electron chi connectivity index (χ4n) is 0.720. The Morgan fingerprint density at radius 2 is 2.17 bits per heavy atom. The third kappa shape index (κ3) is 2.65. The largest absolute Gasteiger partial charge is 0.396 e. The molecule has 0 saturated heterocycles. The molecule has 2 N–H and O–H groups in total. The first kappa shape index (κ1) is 11.2. The average molecular weight is 170 g/mol. The molecule has 3 heteroatoms. The lowest BCUT2D eigenvalue weighted by atomic mass is 9.84. The number of hydrogen-bond donors (Lipinski definition) is 2. The normalized spacial score (nSPS) is 13.6. The van der Waals surface area contributed by atoms with Gasteiger partial charge in [-0.05, 0) is 0 Å². The fourth-order valence-corrected chi connectivity index (χ4v) is 0.720. The topological polar surface area (TPSA) is 57.5 Å². The Morgan fingerprint density at radius 1 is 1.67 bits per heavy atom. The second-order valence-electron chi connectivity index (χ2n) is 3.40. The molecule has 0 aliphatic carbocycles. The van der Waals surface area contributed by atoms with Crippen LogP contribution in [-0.4, -0.2) is 28.7 Å². The van der Waals surface area contributed by atoms with Crippen molar-refractivity contribution < 1.29 is 15.0 Å². The lowest BCUT2D eigenvalue weighted by Gasteiger charge is -2.26. The Bertz CT molecular complexity index is 200. The summed E-state index contributed by atoms with van der Waals surface area (Å²) in [5.74, 6) is 1.73. The van der Waals surface area contributed by atoms with Crippen LogP contribution in [0.25, 0.3) is 0 Å². The maximum Gasteiger partial charge on any atom is 0.173 e. The van der Waals surface area contributed by atoms with Crippen molar-refractivity contribution in [1.82, 2.24) is 0 Å². The van der Waals surface area contributed by atoms with Crippen molar-refractivity contribution in [2.45, 2.75) is 26.4 Å². The van der Waals surface area contributed by atoms with E-state index in [0.717, 1.165) is 0 Å². The Balaban J connectivity index is 4.30.